The van der Waals surface area contributed by atoms with Gasteiger partial charge in [-0.3, -0.25) is 4.79 Å². The van der Waals surface area contributed by atoms with Crippen LogP contribution in [-0.2, 0) is 13.0 Å². The first-order valence-corrected chi connectivity index (χ1v) is 9.92. The van der Waals surface area contributed by atoms with Gasteiger partial charge in [0, 0.05) is 46.0 Å². The number of carbonyl (C=O) groups is 1. The molecule has 4 rings (SSSR count). The summed E-state index contributed by atoms with van der Waals surface area (Å²) in [6.07, 6.45) is 9.07. The molecular formula is C20H26N6O3. The standard InChI is InChI=1S/C20H26N6O3/c1-24(2)20-22-18(23-29-20)6-3-15-7-10-26(11-8-15)19(27)17-5-4-16(28-17)13-25-12-9-21-14-25/h4-5,9,12,14-15H,3,6-8,10-11,13H2,1-2H3. The Kier molecular flexibility index (Phi) is 5.64. The quantitative estimate of drug-likeness (QED) is 0.603. The van der Waals surface area contributed by atoms with Gasteiger partial charge in [-0.25, -0.2) is 4.98 Å². The molecule has 1 aliphatic rings. The van der Waals surface area contributed by atoms with E-state index in [1.807, 2.05) is 35.8 Å². The van der Waals surface area contributed by atoms with Gasteiger partial charge in [0.05, 0.1) is 12.9 Å². The molecule has 9 heteroatoms. The van der Waals surface area contributed by atoms with Gasteiger partial charge in [-0.2, -0.15) is 4.98 Å². The normalized spacial score (nSPS) is 15.0. The second kappa shape index (κ2) is 8.50. The van der Waals surface area contributed by atoms with Crippen LogP contribution in [0.4, 0.5) is 6.01 Å². The Hall–Kier alpha value is -3.10. The highest BCUT2D eigenvalue weighted by atomic mass is 16.5. The Morgan fingerprint density at radius 2 is 2.10 bits per heavy atom. The number of likely N-dealkylation sites (tertiary alicyclic amines) is 1. The van der Waals surface area contributed by atoms with Crippen molar-refractivity contribution >= 4 is 11.9 Å². The van der Waals surface area contributed by atoms with Gasteiger partial charge in [0.2, 0.25) is 0 Å². The van der Waals surface area contributed by atoms with Crippen LogP contribution in [0.15, 0.2) is 39.8 Å². The Morgan fingerprint density at radius 3 is 2.79 bits per heavy atom. The number of carbonyl (C=O) groups excluding carboxylic acids is 1. The maximum Gasteiger partial charge on any atom is 0.323 e. The summed E-state index contributed by atoms with van der Waals surface area (Å²) in [5, 5.41) is 4.02. The molecule has 154 valence electrons. The first kappa shape index (κ1) is 19.2. The lowest BCUT2D eigenvalue weighted by Crippen LogP contribution is -2.38. The van der Waals surface area contributed by atoms with E-state index in [0.29, 0.717) is 24.2 Å². The van der Waals surface area contributed by atoms with E-state index >= 15 is 0 Å². The number of hydrogen-bond donors (Lipinski definition) is 0. The highest BCUT2D eigenvalue weighted by molar-refractivity contribution is 5.91. The molecule has 3 aromatic heterocycles. The molecule has 0 spiro atoms. The molecule has 0 atom stereocenters. The number of imidazole rings is 1. The van der Waals surface area contributed by atoms with Crippen LogP contribution in [0.1, 0.15) is 41.4 Å². The summed E-state index contributed by atoms with van der Waals surface area (Å²) in [5.74, 6) is 2.43. The highest BCUT2D eigenvalue weighted by Crippen LogP contribution is 2.24. The van der Waals surface area contributed by atoms with E-state index in [4.69, 9.17) is 8.94 Å². The Labute approximate surface area is 169 Å². The third-order valence-corrected chi connectivity index (χ3v) is 5.29. The fourth-order valence-corrected chi connectivity index (χ4v) is 3.58. The lowest BCUT2D eigenvalue weighted by atomic mass is 9.92. The minimum Gasteiger partial charge on any atom is -0.454 e. The van der Waals surface area contributed by atoms with Crippen LogP contribution >= 0.6 is 0 Å². The van der Waals surface area contributed by atoms with Crippen molar-refractivity contribution in [3.05, 3.63) is 48.2 Å². The lowest BCUT2D eigenvalue weighted by molar-refractivity contribution is 0.0652. The van der Waals surface area contributed by atoms with E-state index in [1.165, 1.54) is 0 Å². The number of amides is 1. The molecule has 0 radical (unpaired) electrons. The molecule has 0 aromatic carbocycles. The van der Waals surface area contributed by atoms with Gasteiger partial charge in [0.1, 0.15) is 5.76 Å². The maximum atomic E-state index is 12.7. The zero-order valence-corrected chi connectivity index (χ0v) is 16.8. The summed E-state index contributed by atoms with van der Waals surface area (Å²) in [4.78, 5) is 24.8. The minimum atomic E-state index is -0.0332. The number of aryl methyl sites for hydroxylation is 1. The van der Waals surface area contributed by atoms with Crippen molar-refractivity contribution in [3.63, 3.8) is 0 Å². The van der Waals surface area contributed by atoms with Crippen LogP contribution in [0, 0.1) is 5.92 Å². The molecule has 0 aliphatic carbocycles. The van der Waals surface area contributed by atoms with Crippen molar-refractivity contribution in [2.24, 2.45) is 5.92 Å². The predicted molar refractivity (Wildman–Crippen MR) is 106 cm³/mol. The molecule has 1 aliphatic heterocycles. The molecule has 0 saturated carbocycles. The maximum absolute atomic E-state index is 12.7. The molecule has 0 unspecified atom stereocenters. The summed E-state index contributed by atoms with van der Waals surface area (Å²) in [6, 6.07) is 4.15. The zero-order valence-electron chi connectivity index (χ0n) is 16.8. The molecule has 1 saturated heterocycles. The predicted octanol–water partition coefficient (Wildman–Crippen LogP) is 2.46. The van der Waals surface area contributed by atoms with Gasteiger partial charge in [0.25, 0.3) is 5.91 Å². The summed E-state index contributed by atoms with van der Waals surface area (Å²) < 4.78 is 12.9. The van der Waals surface area contributed by atoms with E-state index in [0.717, 1.165) is 50.4 Å². The number of piperidine rings is 1. The Balaban J connectivity index is 1.24. The fourth-order valence-electron chi connectivity index (χ4n) is 3.58. The summed E-state index contributed by atoms with van der Waals surface area (Å²) >= 11 is 0. The second-order valence-electron chi connectivity index (χ2n) is 7.66. The minimum absolute atomic E-state index is 0.0332. The topological polar surface area (TPSA) is 93.4 Å². The Bertz CT molecular complexity index is 922. The van der Waals surface area contributed by atoms with Crippen LogP contribution in [0.25, 0.3) is 0 Å². The Morgan fingerprint density at radius 1 is 1.28 bits per heavy atom. The van der Waals surface area contributed by atoms with E-state index in [1.54, 1.807) is 23.5 Å². The molecule has 3 aromatic rings. The van der Waals surface area contributed by atoms with Gasteiger partial charge in [-0.1, -0.05) is 5.16 Å². The summed E-state index contributed by atoms with van der Waals surface area (Å²) in [5.41, 5.74) is 0. The van der Waals surface area contributed by atoms with Crippen molar-refractivity contribution in [2.45, 2.75) is 32.2 Å². The fraction of sp³-hybridized carbons (Fsp3) is 0.500. The molecule has 4 heterocycles. The smallest absolute Gasteiger partial charge is 0.323 e. The van der Waals surface area contributed by atoms with E-state index in [2.05, 4.69) is 15.1 Å². The number of furan rings is 1. The molecule has 9 nitrogen and oxygen atoms in total. The van der Waals surface area contributed by atoms with E-state index in [9.17, 15) is 4.79 Å². The molecule has 0 N–H and O–H groups in total. The van der Waals surface area contributed by atoms with Crippen molar-refractivity contribution in [1.82, 2.24) is 24.6 Å². The number of aromatic nitrogens is 4. The number of anilines is 1. The van der Waals surface area contributed by atoms with E-state index in [-0.39, 0.29) is 5.91 Å². The third kappa shape index (κ3) is 4.67. The molecule has 1 amide bonds. The third-order valence-electron chi connectivity index (χ3n) is 5.29. The van der Waals surface area contributed by atoms with Crippen LogP contribution in [0.3, 0.4) is 0 Å². The number of hydrogen-bond acceptors (Lipinski definition) is 7. The van der Waals surface area contributed by atoms with Gasteiger partial charge in [0.15, 0.2) is 11.6 Å². The van der Waals surface area contributed by atoms with Gasteiger partial charge < -0.3 is 23.3 Å². The van der Waals surface area contributed by atoms with Gasteiger partial charge >= 0.3 is 6.01 Å². The first-order valence-electron chi connectivity index (χ1n) is 9.92. The number of nitrogens with zero attached hydrogens (tertiary/aromatic N) is 6. The molecule has 1 fully saturated rings. The molecule has 29 heavy (non-hydrogen) atoms. The number of rotatable bonds is 7. The van der Waals surface area contributed by atoms with E-state index < -0.39 is 0 Å². The van der Waals surface area contributed by atoms with Crippen LogP contribution < -0.4 is 4.90 Å². The summed E-state index contributed by atoms with van der Waals surface area (Å²) in [7, 11) is 3.76. The van der Waals surface area contributed by atoms with Gasteiger partial charge in [-0.15, -0.1) is 0 Å². The van der Waals surface area contributed by atoms with Gasteiger partial charge in [-0.05, 0) is 37.3 Å². The second-order valence-corrected chi connectivity index (χ2v) is 7.66. The molecular weight excluding hydrogens is 372 g/mol. The van der Waals surface area contributed by atoms with Crippen LogP contribution in [0.2, 0.25) is 0 Å². The zero-order chi connectivity index (χ0) is 20.2. The lowest BCUT2D eigenvalue weighted by Gasteiger charge is -2.31. The average molecular weight is 398 g/mol. The monoisotopic (exact) mass is 398 g/mol. The van der Waals surface area contributed by atoms with Crippen molar-refractivity contribution in [2.75, 3.05) is 32.1 Å². The van der Waals surface area contributed by atoms with Crippen molar-refractivity contribution < 1.29 is 13.7 Å². The largest absolute Gasteiger partial charge is 0.454 e. The molecule has 0 bridgehead atoms. The van der Waals surface area contributed by atoms with Crippen LogP contribution in [0.5, 0.6) is 0 Å². The summed E-state index contributed by atoms with van der Waals surface area (Å²) in [6.45, 7) is 2.06. The van der Waals surface area contributed by atoms with Crippen LogP contribution in [-0.4, -0.2) is 57.7 Å². The van der Waals surface area contributed by atoms with Crippen molar-refractivity contribution in [3.8, 4) is 0 Å². The first-order chi connectivity index (χ1) is 14.1. The highest BCUT2D eigenvalue weighted by Gasteiger charge is 2.25. The SMILES string of the molecule is CN(C)c1nc(CCC2CCN(C(=O)c3ccc(Cn4ccnc4)o3)CC2)no1. The average Bonchev–Trinajstić information content (AvgIpc) is 3.48. The van der Waals surface area contributed by atoms with Crippen molar-refractivity contribution in [1.29, 1.82) is 0 Å².